The maximum atomic E-state index is 10.4. The van der Waals surface area contributed by atoms with Crippen LogP contribution in [0.3, 0.4) is 0 Å². The first kappa shape index (κ1) is 12.8. The van der Waals surface area contributed by atoms with Crippen molar-refractivity contribution in [1.82, 2.24) is 0 Å². The lowest BCUT2D eigenvalue weighted by molar-refractivity contribution is 0.218. The van der Waals surface area contributed by atoms with Gasteiger partial charge in [-0.25, -0.2) is 0 Å². The molecule has 0 bridgehead atoms. The van der Waals surface area contributed by atoms with Crippen LogP contribution in [0.4, 0.5) is 0 Å². The number of aliphatic hydroxyl groups excluding tert-OH is 1. The Hall–Kier alpha value is -0.640. The molecule has 0 aliphatic heterocycles. The first-order valence-electron chi connectivity index (χ1n) is 5.28. The molecular formula is C14H12Br2O. The number of rotatable bonds is 2. The molecule has 0 saturated carbocycles. The molecule has 1 nitrogen and oxygen atoms in total. The van der Waals surface area contributed by atoms with Crippen molar-refractivity contribution in [2.24, 2.45) is 0 Å². The quantitative estimate of drug-likeness (QED) is 0.834. The zero-order valence-electron chi connectivity index (χ0n) is 9.32. The van der Waals surface area contributed by atoms with E-state index in [1.54, 1.807) is 0 Å². The van der Waals surface area contributed by atoms with Crippen LogP contribution in [0.2, 0.25) is 0 Å². The maximum absolute atomic E-state index is 10.4. The molecule has 0 aliphatic rings. The molecule has 0 aromatic heterocycles. The van der Waals surface area contributed by atoms with Gasteiger partial charge in [0, 0.05) is 14.5 Å². The summed E-state index contributed by atoms with van der Waals surface area (Å²) in [6, 6.07) is 13.6. The van der Waals surface area contributed by atoms with E-state index >= 15 is 0 Å². The highest BCUT2D eigenvalue weighted by atomic mass is 79.9. The molecule has 0 radical (unpaired) electrons. The summed E-state index contributed by atoms with van der Waals surface area (Å²) in [6.45, 7) is 2.02. The number of benzene rings is 2. The van der Waals surface area contributed by atoms with E-state index in [1.807, 2.05) is 49.4 Å². The van der Waals surface area contributed by atoms with Crippen molar-refractivity contribution in [3.8, 4) is 0 Å². The number of hydrogen-bond acceptors (Lipinski definition) is 1. The average molecular weight is 356 g/mol. The Labute approximate surface area is 118 Å². The van der Waals surface area contributed by atoms with Gasteiger partial charge in [-0.3, -0.25) is 0 Å². The van der Waals surface area contributed by atoms with Crippen molar-refractivity contribution in [3.05, 3.63) is 68.1 Å². The predicted octanol–water partition coefficient (Wildman–Crippen LogP) is 4.60. The summed E-state index contributed by atoms with van der Waals surface area (Å²) in [5.74, 6) is 0. The van der Waals surface area contributed by atoms with Gasteiger partial charge in [-0.2, -0.15) is 0 Å². The van der Waals surface area contributed by atoms with Crippen LogP contribution in [0.15, 0.2) is 51.4 Å². The van der Waals surface area contributed by atoms with E-state index in [9.17, 15) is 5.11 Å². The van der Waals surface area contributed by atoms with Crippen molar-refractivity contribution in [3.63, 3.8) is 0 Å². The Morgan fingerprint density at radius 3 is 2.06 bits per heavy atom. The molecule has 1 N–H and O–H groups in total. The highest BCUT2D eigenvalue weighted by Gasteiger charge is 2.17. The summed E-state index contributed by atoms with van der Waals surface area (Å²) in [4.78, 5) is 0. The van der Waals surface area contributed by atoms with Gasteiger partial charge in [0.25, 0.3) is 0 Å². The lowest BCUT2D eigenvalue weighted by Crippen LogP contribution is -2.02. The maximum Gasteiger partial charge on any atom is 0.106 e. The molecule has 3 heteroatoms. The van der Waals surface area contributed by atoms with Gasteiger partial charge < -0.3 is 5.11 Å². The molecule has 2 aromatic carbocycles. The first-order chi connectivity index (χ1) is 8.09. The molecule has 1 unspecified atom stereocenters. The Bertz CT molecular complexity index is 500. The average Bonchev–Trinajstić information content (AvgIpc) is 2.28. The van der Waals surface area contributed by atoms with E-state index in [0.717, 1.165) is 25.6 Å². The number of aliphatic hydroxyl groups is 1. The van der Waals surface area contributed by atoms with E-state index in [4.69, 9.17) is 0 Å². The minimum absolute atomic E-state index is 0.624. The van der Waals surface area contributed by atoms with Gasteiger partial charge in [-0.1, -0.05) is 62.2 Å². The summed E-state index contributed by atoms with van der Waals surface area (Å²) in [7, 11) is 0. The van der Waals surface area contributed by atoms with Crippen LogP contribution in [0.1, 0.15) is 22.8 Å². The molecule has 0 fully saturated rings. The highest BCUT2D eigenvalue weighted by molar-refractivity contribution is 9.11. The van der Waals surface area contributed by atoms with Crippen LogP contribution in [-0.2, 0) is 0 Å². The molecule has 1 atom stereocenters. The lowest BCUT2D eigenvalue weighted by Gasteiger charge is -2.16. The molecule has 0 heterocycles. The van der Waals surface area contributed by atoms with Crippen molar-refractivity contribution < 1.29 is 5.11 Å². The van der Waals surface area contributed by atoms with Crippen LogP contribution in [-0.4, -0.2) is 5.11 Å². The minimum Gasteiger partial charge on any atom is -0.384 e. The van der Waals surface area contributed by atoms with Gasteiger partial charge in [0.2, 0.25) is 0 Å². The van der Waals surface area contributed by atoms with Crippen molar-refractivity contribution in [2.45, 2.75) is 13.0 Å². The number of hydrogen-bond donors (Lipinski definition) is 1. The van der Waals surface area contributed by atoms with Gasteiger partial charge in [-0.15, -0.1) is 0 Å². The SMILES string of the molecule is Cc1cc(Br)c(C(O)c2ccccc2)c(Br)c1. The van der Waals surface area contributed by atoms with Crippen LogP contribution in [0, 0.1) is 6.92 Å². The Morgan fingerprint density at radius 1 is 1.00 bits per heavy atom. The Morgan fingerprint density at radius 2 is 1.53 bits per heavy atom. The lowest BCUT2D eigenvalue weighted by atomic mass is 10.0. The van der Waals surface area contributed by atoms with Gasteiger partial charge in [0.05, 0.1) is 0 Å². The number of halogens is 2. The molecule has 2 aromatic rings. The first-order valence-corrected chi connectivity index (χ1v) is 6.86. The summed E-state index contributed by atoms with van der Waals surface area (Å²) in [6.07, 6.45) is -0.624. The van der Waals surface area contributed by atoms with Crippen LogP contribution in [0.25, 0.3) is 0 Å². The second kappa shape index (κ2) is 5.34. The normalized spacial score (nSPS) is 12.5. The largest absolute Gasteiger partial charge is 0.384 e. The fourth-order valence-corrected chi connectivity index (χ4v) is 3.62. The van der Waals surface area contributed by atoms with E-state index in [1.165, 1.54) is 0 Å². The van der Waals surface area contributed by atoms with Crippen LogP contribution in [0.5, 0.6) is 0 Å². The second-order valence-electron chi connectivity index (χ2n) is 3.96. The monoisotopic (exact) mass is 354 g/mol. The molecule has 0 amide bonds. The third kappa shape index (κ3) is 2.79. The topological polar surface area (TPSA) is 20.2 Å². The van der Waals surface area contributed by atoms with E-state index in [0.29, 0.717) is 0 Å². The van der Waals surface area contributed by atoms with Gasteiger partial charge >= 0.3 is 0 Å². The Kier molecular flexibility index (Phi) is 4.02. The molecule has 0 spiro atoms. The molecular weight excluding hydrogens is 344 g/mol. The third-order valence-corrected chi connectivity index (χ3v) is 3.92. The number of aryl methyl sites for hydroxylation is 1. The summed E-state index contributed by atoms with van der Waals surface area (Å²) in [5, 5.41) is 10.4. The Balaban J connectivity index is 2.48. The van der Waals surface area contributed by atoms with Crippen molar-refractivity contribution in [1.29, 1.82) is 0 Å². The van der Waals surface area contributed by atoms with Gasteiger partial charge in [0.15, 0.2) is 0 Å². The molecule has 0 saturated heterocycles. The van der Waals surface area contributed by atoms with Gasteiger partial charge in [-0.05, 0) is 30.2 Å². The smallest absolute Gasteiger partial charge is 0.106 e. The van der Waals surface area contributed by atoms with E-state index in [-0.39, 0.29) is 0 Å². The standard InChI is InChI=1S/C14H12Br2O/c1-9-7-11(15)13(12(16)8-9)14(17)10-5-3-2-4-6-10/h2-8,14,17H,1H3. The third-order valence-electron chi connectivity index (χ3n) is 2.61. The highest BCUT2D eigenvalue weighted by Crippen LogP contribution is 2.35. The molecule has 0 aliphatic carbocycles. The summed E-state index contributed by atoms with van der Waals surface area (Å²) < 4.78 is 1.83. The van der Waals surface area contributed by atoms with E-state index < -0.39 is 6.10 Å². The predicted molar refractivity (Wildman–Crippen MR) is 77.1 cm³/mol. The molecule has 17 heavy (non-hydrogen) atoms. The van der Waals surface area contributed by atoms with Gasteiger partial charge in [0.1, 0.15) is 6.10 Å². The van der Waals surface area contributed by atoms with Crippen LogP contribution < -0.4 is 0 Å². The fourth-order valence-electron chi connectivity index (χ4n) is 1.77. The summed E-state index contributed by atoms with van der Waals surface area (Å²) in [5.41, 5.74) is 2.90. The zero-order valence-corrected chi connectivity index (χ0v) is 12.5. The fraction of sp³-hybridized carbons (Fsp3) is 0.143. The molecule has 88 valence electrons. The zero-order chi connectivity index (χ0) is 12.4. The summed E-state index contributed by atoms with van der Waals surface area (Å²) >= 11 is 7.01. The second-order valence-corrected chi connectivity index (χ2v) is 5.66. The van der Waals surface area contributed by atoms with Crippen molar-refractivity contribution >= 4 is 31.9 Å². The minimum atomic E-state index is -0.624. The van der Waals surface area contributed by atoms with Crippen LogP contribution >= 0.6 is 31.9 Å². The molecule has 2 rings (SSSR count). The van der Waals surface area contributed by atoms with Crippen molar-refractivity contribution in [2.75, 3.05) is 0 Å². The van der Waals surface area contributed by atoms with E-state index in [2.05, 4.69) is 31.9 Å².